The summed E-state index contributed by atoms with van der Waals surface area (Å²) in [7, 11) is 0. The Morgan fingerprint density at radius 3 is 2.60 bits per heavy atom. The third-order valence-electron chi connectivity index (χ3n) is 4.72. The maximum absolute atomic E-state index is 12.2. The lowest BCUT2D eigenvalue weighted by Crippen LogP contribution is -2.31. The van der Waals surface area contributed by atoms with E-state index in [0.717, 1.165) is 24.8 Å². The van der Waals surface area contributed by atoms with Gasteiger partial charge in [-0.3, -0.25) is 4.79 Å². The van der Waals surface area contributed by atoms with E-state index >= 15 is 0 Å². The van der Waals surface area contributed by atoms with E-state index in [0.29, 0.717) is 29.4 Å². The molecule has 0 radical (unpaired) electrons. The van der Waals surface area contributed by atoms with Crippen molar-refractivity contribution in [2.75, 3.05) is 20.0 Å². The van der Waals surface area contributed by atoms with Crippen LogP contribution in [-0.4, -0.2) is 31.9 Å². The molecule has 0 aromatic heterocycles. The Balaban J connectivity index is 1.43. The molecule has 0 fully saturated rings. The largest absolute Gasteiger partial charge is 0.494 e. The zero-order valence-electron chi connectivity index (χ0n) is 17.3. The lowest BCUT2D eigenvalue weighted by Gasteiger charge is -2.15. The van der Waals surface area contributed by atoms with E-state index in [4.69, 9.17) is 18.9 Å². The SMILES string of the molecule is CCCCCOc1ccc(C(=O)OCC(=O)N[C@@H](C)c2ccc3c(c2)OCO3)cc1. The molecule has 1 aliphatic heterocycles. The molecule has 160 valence electrons. The monoisotopic (exact) mass is 413 g/mol. The van der Waals surface area contributed by atoms with Crippen molar-refractivity contribution in [3.63, 3.8) is 0 Å². The standard InChI is InChI=1S/C23H27NO6/c1-3-4-5-12-27-19-9-6-17(7-10-19)23(26)28-14-22(25)24-16(2)18-8-11-20-21(13-18)30-15-29-20/h6-11,13,16H,3-5,12,14-15H2,1-2H3,(H,24,25)/t16-/m0/s1. The highest BCUT2D eigenvalue weighted by Gasteiger charge is 2.17. The summed E-state index contributed by atoms with van der Waals surface area (Å²) in [6, 6.07) is 11.9. The molecule has 0 unspecified atom stereocenters. The number of carbonyl (C=O) groups is 2. The van der Waals surface area contributed by atoms with Gasteiger partial charge in [0.15, 0.2) is 18.1 Å². The number of benzene rings is 2. The quantitative estimate of drug-likeness (QED) is 0.468. The summed E-state index contributed by atoms with van der Waals surface area (Å²) in [5, 5.41) is 2.80. The molecule has 3 rings (SSSR count). The number of esters is 1. The Labute approximate surface area is 176 Å². The van der Waals surface area contributed by atoms with Crippen LogP contribution in [-0.2, 0) is 9.53 Å². The molecule has 2 aromatic carbocycles. The van der Waals surface area contributed by atoms with Gasteiger partial charge in [-0.15, -0.1) is 0 Å². The predicted octanol–water partition coefficient (Wildman–Crippen LogP) is 4.02. The van der Waals surface area contributed by atoms with Crippen molar-refractivity contribution in [1.82, 2.24) is 5.32 Å². The normalized spacial score (nSPS) is 12.9. The number of fused-ring (bicyclic) bond motifs is 1. The van der Waals surface area contributed by atoms with Gasteiger partial charge in [0.25, 0.3) is 5.91 Å². The minimum absolute atomic E-state index is 0.196. The molecule has 2 aromatic rings. The Bertz CT molecular complexity index is 864. The first-order valence-electron chi connectivity index (χ1n) is 10.2. The van der Waals surface area contributed by atoms with Crippen LogP contribution in [0.25, 0.3) is 0 Å². The fraction of sp³-hybridized carbons (Fsp3) is 0.391. The second-order valence-electron chi connectivity index (χ2n) is 7.06. The fourth-order valence-corrected chi connectivity index (χ4v) is 2.99. The van der Waals surface area contributed by atoms with E-state index in [1.54, 1.807) is 30.3 Å². The van der Waals surface area contributed by atoms with Crippen molar-refractivity contribution in [1.29, 1.82) is 0 Å². The number of hydrogen-bond donors (Lipinski definition) is 1. The zero-order valence-corrected chi connectivity index (χ0v) is 17.3. The van der Waals surface area contributed by atoms with Crippen molar-refractivity contribution in [2.45, 2.75) is 39.2 Å². The van der Waals surface area contributed by atoms with Gasteiger partial charge in [0.05, 0.1) is 18.2 Å². The number of ether oxygens (including phenoxy) is 4. The third kappa shape index (κ3) is 5.89. The summed E-state index contributed by atoms with van der Waals surface area (Å²) in [4.78, 5) is 24.3. The predicted molar refractivity (Wildman–Crippen MR) is 111 cm³/mol. The second-order valence-corrected chi connectivity index (χ2v) is 7.06. The van der Waals surface area contributed by atoms with Crippen molar-refractivity contribution in [3.8, 4) is 17.2 Å². The Morgan fingerprint density at radius 1 is 1.07 bits per heavy atom. The van der Waals surface area contributed by atoms with Crippen LogP contribution in [0.2, 0.25) is 0 Å². The third-order valence-corrected chi connectivity index (χ3v) is 4.72. The van der Waals surface area contributed by atoms with Gasteiger partial charge < -0.3 is 24.3 Å². The van der Waals surface area contributed by atoms with Crippen LogP contribution in [0.4, 0.5) is 0 Å². The fourth-order valence-electron chi connectivity index (χ4n) is 2.99. The first kappa shape index (κ1) is 21.5. The van der Waals surface area contributed by atoms with Gasteiger partial charge in [0.2, 0.25) is 6.79 Å². The Kier molecular flexibility index (Phi) is 7.54. The maximum Gasteiger partial charge on any atom is 0.338 e. The van der Waals surface area contributed by atoms with Crippen molar-refractivity contribution >= 4 is 11.9 Å². The molecule has 0 bridgehead atoms. The average molecular weight is 413 g/mol. The highest BCUT2D eigenvalue weighted by molar-refractivity contribution is 5.91. The molecule has 1 heterocycles. The van der Waals surface area contributed by atoms with E-state index in [2.05, 4.69) is 12.2 Å². The smallest absolute Gasteiger partial charge is 0.338 e. The van der Waals surface area contributed by atoms with Crippen LogP contribution in [0, 0.1) is 0 Å². The second kappa shape index (κ2) is 10.5. The van der Waals surface area contributed by atoms with E-state index in [9.17, 15) is 9.59 Å². The molecule has 1 amide bonds. The number of carbonyl (C=O) groups excluding carboxylic acids is 2. The van der Waals surface area contributed by atoms with Gasteiger partial charge >= 0.3 is 5.97 Å². The van der Waals surface area contributed by atoms with Crippen molar-refractivity contribution in [2.24, 2.45) is 0 Å². The van der Waals surface area contributed by atoms with Crippen LogP contribution in [0.3, 0.4) is 0 Å². The van der Waals surface area contributed by atoms with Gasteiger partial charge in [0, 0.05) is 0 Å². The minimum atomic E-state index is -0.557. The van der Waals surface area contributed by atoms with Crippen LogP contribution >= 0.6 is 0 Å². The van der Waals surface area contributed by atoms with Gasteiger partial charge in [-0.25, -0.2) is 4.79 Å². The van der Waals surface area contributed by atoms with Crippen LogP contribution in [0.5, 0.6) is 17.2 Å². The molecular formula is C23H27NO6. The van der Waals surface area contributed by atoms with E-state index in [1.807, 2.05) is 19.1 Å². The summed E-state index contributed by atoms with van der Waals surface area (Å²) in [5.74, 6) is 1.10. The molecule has 7 heteroatoms. The van der Waals surface area contributed by atoms with Crippen LogP contribution in [0.15, 0.2) is 42.5 Å². The summed E-state index contributed by atoms with van der Waals surface area (Å²) in [5.41, 5.74) is 1.24. The van der Waals surface area contributed by atoms with Gasteiger partial charge in [-0.05, 0) is 55.3 Å². The highest BCUT2D eigenvalue weighted by Crippen LogP contribution is 2.34. The van der Waals surface area contributed by atoms with Crippen LogP contribution in [0.1, 0.15) is 55.1 Å². The van der Waals surface area contributed by atoms with Crippen molar-refractivity contribution < 1.29 is 28.5 Å². The molecule has 30 heavy (non-hydrogen) atoms. The average Bonchev–Trinajstić information content (AvgIpc) is 3.23. The van der Waals surface area contributed by atoms with Gasteiger partial charge in [0.1, 0.15) is 5.75 Å². The number of hydrogen-bond acceptors (Lipinski definition) is 6. The molecule has 0 aliphatic carbocycles. The molecule has 1 atom stereocenters. The van der Waals surface area contributed by atoms with Gasteiger partial charge in [-0.1, -0.05) is 25.8 Å². The number of amides is 1. The molecule has 1 N–H and O–H groups in total. The lowest BCUT2D eigenvalue weighted by atomic mass is 10.1. The Morgan fingerprint density at radius 2 is 1.83 bits per heavy atom. The molecular weight excluding hydrogens is 386 g/mol. The summed E-state index contributed by atoms with van der Waals surface area (Å²) < 4.78 is 21.4. The molecule has 0 saturated heterocycles. The first-order chi connectivity index (χ1) is 14.6. The van der Waals surface area contributed by atoms with E-state index < -0.39 is 5.97 Å². The Hall–Kier alpha value is -3.22. The van der Waals surface area contributed by atoms with Crippen molar-refractivity contribution in [3.05, 3.63) is 53.6 Å². The topological polar surface area (TPSA) is 83.1 Å². The molecule has 7 nitrogen and oxygen atoms in total. The highest BCUT2D eigenvalue weighted by atomic mass is 16.7. The van der Waals surface area contributed by atoms with Gasteiger partial charge in [-0.2, -0.15) is 0 Å². The maximum atomic E-state index is 12.2. The number of unbranched alkanes of at least 4 members (excludes halogenated alkanes) is 2. The minimum Gasteiger partial charge on any atom is -0.494 e. The number of rotatable bonds is 10. The summed E-state index contributed by atoms with van der Waals surface area (Å²) in [6.45, 7) is 4.47. The first-order valence-corrected chi connectivity index (χ1v) is 10.2. The lowest BCUT2D eigenvalue weighted by molar-refractivity contribution is -0.124. The zero-order chi connectivity index (χ0) is 21.3. The van der Waals surface area contributed by atoms with E-state index in [-0.39, 0.29) is 25.3 Å². The molecule has 1 aliphatic rings. The number of nitrogens with one attached hydrogen (secondary N) is 1. The van der Waals surface area contributed by atoms with Crippen LogP contribution < -0.4 is 19.5 Å². The molecule has 0 saturated carbocycles. The summed E-state index contributed by atoms with van der Waals surface area (Å²) >= 11 is 0. The molecule has 0 spiro atoms. The van der Waals surface area contributed by atoms with E-state index in [1.165, 1.54) is 0 Å². The summed E-state index contributed by atoms with van der Waals surface area (Å²) in [6.07, 6.45) is 3.26.